The molecule has 2 aromatic rings. The van der Waals surface area contributed by atoms with E-state index < -0.39 is 0 Å². The Morgan fingerprint density at radius 3 is 2.67 bits per heavy atom. The first-order valence-corrected chi connectivity index (χ1v) is 6.03. The van der Waals surface area contributed by atoms with E-state index in [2.05, 4.69) is 24.9 Å². The summed E-state index contributed by atoms with van der Waals surface area (Å²) in [6.45, 7) is 6.14. The fourth-order valence-electron chi connectivity index (χ4n) is 2.14. The Hall–Kier alpha value is -1.90. The maximum absolute atomic E-state index is 11.8. The van der Waals surface area contributed by atoms with Crippen LogP contribution in [-0.2, 0) is 4.74 Å². The van der Waals surface area contributed by atoms with Gasteiger partial charge in [-0.15, -0.1) is 0 Å². The smallest absolute Gasteiger partial charge is 0.338 e. The molecular formula is C15H17NO2. The van der Waals surface area contributed by atoms with E-state index in [0.29, 0.717) is 11.5 Å². The molecule has 3 heteroatoms. The molecule has 3 nitrogen and oxygen atoms in total. The molecule has 0 unspecified atom stereocenters. The number of aromatic nitrogens is 1. The second-order valence-electron chi connectivity index (χ2n) is 4.70. The molecule has 0 saturated heterocycles. The van der Waals surface area contributed by atoms with Crippen molar-refractivity contribution in [2.75, 3.05) is 7.11 Å². The molecule has 0 fully saturated rings. The summed E-state index contributed by atoms with van der Waals surface area (Å²) >= 11 is 0. The van der Waals surface area contributed by atoms with Gasteiger partial charge in [0.25, 0.3) is 0 Å². The van der Waals surface area contributed by atoms with Crippen LogP contribution in [0, 0.1) is 6.92 Å². The van der Waals surface area contributed by atoms with Gasteiger partial charge in [0.2, 0.25) is 0 Å². The van der Waals surface area contributed by atoms with E-state index in [1.54, 1.807) is 6.07 Å². The summed E-state index contributed by atoms with van der Waals surface area (Å²) in [7, 11) is 1.40. The maximum Gasteiger partial charge on any atom is 0.338 e. The first kappa shape index (κ1) is 12.6. The molecule has 94 valence electrons. The molecule has 0 radical (unpaired) electrons. The number of ether oxygens (including phenoxy) is 1. The third-order valence-electron chi connectivity index (χ3n) is 3.03. The number of hydrogen-bond donors (Lipinski definition) is 0. The number of hydrogen-bond acceptors (Lipinski definition) is 3. The molecule has 0 spiro atoms. The molecule has 1 heterocycles. The number of aryl methyl sites for hydroxylation is 1. The van der Waals surface area contributed by atoms with Crippen LogP contribution < -0.4 is 0 Å². The molecule has 1 aromatic heterocycles. The summed E-state index contributed by atoms with van der Waals surface area (Å²) in [6, 6.07) is 7.71. The molecule has 0 aliphatic carbocycles. The average molecular weight is 243 g/mol. The topological polar surface area (TPSA) is 39.2 Å². The van der Waals surface area contributed by atoms with Gasteiger partial charge in [-0.25, -0.2) is 4.79 Å². The molecule has 1 aromatic carbocycles. The van der Waals surface area contributed by atoms with E-state index in [-0.39, 0.29) is 5.97 Å². The molecule has 0 N–H and O–H groups in total. The highest BCUT2D eigenvalue weighted by atomic mass is 16.5. The summed E-state index contributed by atoms with van der Waals surface area (Å²) < 4.78 is 4.83. The number of pyridine rings is 1. The minimum Gasteiger partial charge on any atom is -0.465 e. The van der Waals surface area contributed by atoms with Crippen molar-refractivity contribution in [3.63, 3.8) is 0 Å². The number of carbonyl (C=O) groups is 1. The Morgan fingerprint density at radius 1 is 1.33 bits per heavy atom. The van der Waals surface area contributed by atoms with Gasteiger partial charge in [0.1, 0.15) is 0 Å². The summed E-state index contributed by atoms with van der Waals surface area (Å²) in [4.78, 5) is 16.4. The number of methoxy groups -OCH3 is 1. The molecule has 0 bridgehead atoms. The van der Waals surface area contributed by atoms with Gasteiger partial charge in [0.05, 0.1) is 18.2 Å². The highest BCUT2D eigenvalue weighted by Gasteiger charge is 2.15. The summed E-state index contributed by atoms with van der Waals surface area (Å²) in [5.41, 5.74) is 3.47. The van der Waals surface area contributed by atoms with Crippen LogP contribution in [0.25, 0.3) is 10.9 Å². The minimum atomic E-state index is -0.314. The lowest BCUT2D eigenvalue weighted by atomic mass is 9.97. The van der Waals surface area contributed by atoms with Crippen molar-refractivity contribution in [1.82, 2.24) is 4.98 Å². The fourth-order valence-corrected chi connectivity index (χ4v) is 2.14. The zero-order chi connectivity index (χ0) is 13.3. The van der Waals surface area contributed by atoms with Gasteiger partial charge in [-0.2, -0.15) is 0 Å². The quantitative estimate of drug-likeness (QED) is 0.758. The molecule has 0 aliphatic rings. The molecule has 0 aliphatic heterocycles. The van der Waals surface area contributed by atoms with Crippen LogP contribution in [0.4, 0.5) is 0 Å². The predicted octanol–water partition coefficient (Wildman–Crippen LogP) is 3.45. The van der Waals surface area contributed by atoms with Crippen molar-refractivity contribution in [1.29, 1.82) is 0 Å². The van der Waals surface area contributed by atoms with E-state index in [4.69, 9.17) is 4.74 Å². The summed E-state index contributed by atoms with van der Waals surface area (Å²) in [5.74, 6) is 0.0555. The van der Waals surface area contributed by atoms with Crippen LogP contribution in [0.3, 0.4) is 0 Å². The lowest BCUT2D eigenvalue weighted by Crippen LogP contribution is -2.05. The number of carbonyl (C=O) groups excluding carboxylic acids is 1. The van der Waals surface area contributed by atoms with Gasteiger partial charge >= 0.3 is 5.97 Å². The van der Waals surface area contributed by atoms with Crippen molar-refractivity contribution in [3.8, 4) is 0 Å². The number of rotatable bonds is 2. The Bertz CT molecular complexity index is 603. The van der Waals surface area contributed by atoms with E-state index >= 15 is 0 Å². The Labute approximate surface area is 107 Å². The van der Waals surface area contributed by atoms with Gasteiger partial charge in [-0.3, -0.25) is 4.98 Å². The third-order valence-corrected chi connectivity index (χ3v) is 3.03. The minimum absolute atomic E-state index is 0.314. The number of esters is 1. The Morgan fingerprint density at radius 2 is 2.06 bits per heavy atom. The Kier molecular flexibility index (Phi) is 3.32. The van der Waals surface area contributed by atoms with Crippen molar-refractivity contribution >= 4 is 16.9 Å². The number of nitrogens with zero attached hydrogens (tertiary/aromatic N) is 1. The van der Waals surface area contributed by atoms with Gasteiger partial charge in [0.15, 0.2) is 0 Å². The molecule has 0 amide bonds. The standard InChI is InChI=1S/C15H17NO2/c1-9(2)11-6-5-7-12-13(15(17)18-4)8-10(3)16-14(11)12/h5-9H,1-4H3. The second kappa shape index (κ2) is 4.77. The van der Waals surface area contributed by atoms with Gasteiger partial charge in [-0.05, 0) is 24.5 Å². The fraction of sp³-hybridized carbons (Fsp3) is 0.333. The van der Waals surface area contributed by atoms with Gasteiger partial charge in [-0.1, -0.05) is 32.0 Å². The molecular weight excluding hydrogens is 226 g/mol. The van der Waals surface area contributed by atoms with Gasteiger partial charge in [0, 0.05) is 11.1 Å². The maximum atomic E-state index is 11.8. The van der Waals surface area contributed by atoms with E-state index in [0.717, 1.165) is 22.2 Å². The Balaban J connectivity index is 2.82. The van der Waals surface area contributed by atoms with Crippen LogP contribution >= 0.6 is 0 Å². The van der Waals surface area contributed by atoms with Crippen molar-refractivity contribution in [2.24, 2.45) is 0 Å². The van der Waals surface area contributed by atoms with E-state index in [9.17, 15) is 4.79 Å². The van der Waals surface area contributed by atoms with Crippen molar-refractivity contribution in [2.45, 2.75) is 26.7 Å². The first-order valence-electron chi connectivity index (χ1n) is 6.03. The van der Waals surface area contributed by atoms with Crippen molar-refractivity contribution < 1.29 is 9.53 Å². The van der Waals surface area contributed by atoms with Gasteiger partial charge < -0.3 is 4.74 Å². The normalized spacial score (nSPS) is 10.9. The average Bonchev–Trinajstić information content (AvgIpc) is 2.35. The van der Waals surface area contributed by atoms with Crippen LogP contribution in [-0.4, -0.2) is 18.1 Å². The number of benzene rings is 1. The summed E-state index contributed by atoms with van der Waals surface area (Å²) in [6.07, 6.45) is 0. The van der Waals surface area contributed by atoms with E-state index in [1.807, 2.05) is 19.1 Å². The summed E-state index contributed by atoms with van der Waals surface area (Å²) in [5, 5.41) is 0.860. The van der Waals surface area contributed by atoms with Crippen LogP contribution in [0.1, 0.15) is 41.4 Å². The zero-order valence-corrected chi connectivity index (χ0v) is 11.2. The lowest BCUT2D eigenvalue weighted by Gasteiger charge is -2.12. The molecule has 0 saturated carbocycles. The van der Waals surface area contributed by atoms with E-state index in [1.165, 1.54) is 7.11 Å². The number of para-hydroxylation sites is 1. The largest absolute Gasteiger partial charge is 0.465 e. The van der Waals surface area contributed by atoms with Crippen LogP contribution in [0.5, 0.6) is 0 Å². The molecule has 0 atom stereocenters. The molecule has 2 rings (SSSR count). The SMILES string of the molecule is COC(=O)c1cc(C)nc2c(C(C)C)cccc12. The lowest BCUT2D eigenvalue weighted by molar-refractivity contribution is 0.0603. The predicted molar refractivity (Wildman–Crippen MR) is 71.9 cm³/mol. The van der Waals surface area contributed by atoms with Crippen molar-refractivity contribution in [3.05, 3.63) is 41.1 Å². The van der Waals surface area contributed by atoms with Crippen LogP contribution in [0.2, 0.25) is 0 Å². The van der Waals surface area contributed by atoms with Crippen LogP contribution in [0.15, 0.2) is 24.3 Å². The monoisotopic (exact) mass is 243 g/mol. The third kappa shape index (κ3) is 2.08. The molecule has 18 heavy (non-hydrogen) atoms. The highest BCUT2D eigenvalue weighted by Crippen LogP contribution is 2.27. The first-order chi connectivity index (χ1) is 8.54. The second-order valence-corrected chi connectivity index (χ2v) is 4.70. The zero-order valence-electron chi connectivity index (χ0n) is 11.2. The highest BCUT2D eigenvalue weighted by molar-refractivity contribution is 6.04. The number of fused-ring (bicyclic) bond motifs is 1.